The maximum absolute atomic E-state index is 13.6. The number of nitriles is 1. The number of rotatable bonds is 10. The molecule has 10 nitrogen and oxygen atoms in total. The van der Waals surface area contributed by atoms with Crippen molar-refractivity contribution in [3.05, 3.63) is 122 Å². The van der Waals surface area contributed by atoms with Gasteiger partial charge in [-0.3, -0.25) is 14.9 Å². The molecule has 0 atom stereocenters. The Morgan fingerprint density at radius 1 is 1.00 bits per heavy atom. The van der Waals surface area contributed by atoms with Crippen LogP contribution in [0.3, 0.4) is 0 Å². The van der Waals surface area contributed by atoms with Crippen LogP contribution in [0, 0.1) is 21.4 Å². The van der Waals surface area contributed by atoms with Gasteiger partial charge in [0, 0.05) is 33.0 Å². The van der Waals surface area contributed by atoms with Crippen molar-refractivity contribution in [1.29, 1.82) is 5.26 Å². The third kappa shape index (κ3) is 7.59. The van der Waals surface area contributed by atoms with Gasteiger partial charge in [-0.15, -0.1) is 11.3 Å². The number of nitrogens with one attached hydrogen (secondary N) is 1. The van der Waals surface area contributed by atoms with E-state index >= 15 is 0 Å². The van der Waals surface area contributed by atoms with Crippen molar-refractivity contribution in [2.75, 3.05) is 11.9 Å². The van der Waals surface area contributed by atoms with Crippen molar-refractivity contribution < 1.29 is 19.2 Å². The predicted molar refractivity (Wildman–Crippen MR) is 189 cm³/mol. The molecule has 12 heteroatoms. The molecule has 1 amide bonds. The van der Waals surface area contributed by atoms with Gasteiger partial charge in [-0.05, 0) is 73.7 Å². The van der Waals surface area contributed by atoms with Crippen LogP contribution in [0.1, 0.15) is 46.1 Å². The summed E-state index contributed by atoms with van der Waals surface area (Å²) in [5.41, 5.74) is 4.08. The molecule has 0 bridgehead atoms. The lowest BCUT2D eigenvalue weighted by Gasteiger charge is -2.12. The zero-order valence-electron chi connectivity index (χ0n) is 26.3. The molecule has 0 radical (unpaired) electrons. The third-order valence-electron chi connectivity index (χ3n) is 7.79. The van der Waals surface area contributed by atoms with Gasteiger partial charge in [0.1, 0.15) is 16.6 Å². The van der Waals surface area contributed by atoms with E-state index in [0.717, 1.165) is 52.6 Å². The van der Waals surface area contributed by atoms with E-state index in [4.69, 9.17) is 14.7 Å². The molecule has 49 heavy (non-hydrogen) atoms. The number of carbonyl (C=O) groups excluding carboxylic acids is 2. The number of non-ortho nitro benzene ring substituents is 1. The molecule has 0 saturated heterocycles. The highest BCUT2D eigenvalue weighted by atomic mass is 32.2. The molecule has 0 unspecified atom stereocenters. The summed E-state index contributed by atoms with van der Waals surface area (Å²) in [5.74, 6) is -1.27. The van der Waals surface area contributed by atoms with E-state index in [1.807, 2.05) is 72.8 Å². The number of amides is 1. The molecular weight excluding hydrogens is 659 g/mol. The molecule has 244 valence electrons. The fraction of sp³-hybridized carbons (Fsp3) is 0.162. The molecular formula is C37H29N5O5S2. The third-order valence-corrected chi connectivity index (χ3v) is 9.96. The average molecular weight is 688 g/mol. The Hall–Kier alpha value is -5.64. The number of aromatic nitrogens is 2. The maximum Gasteiger partial charge on any atom is 0.341 e. The number of nitro benzene ring substituents is 1. The number of carbonyl (C=O) groups is 2. The number of aryl methyl sites for hydroxylation is 1. The summed E-state index contributed by atoms with van der Waals surface area (Å²) in [5, 5.41) is 25.3. The summed E-state index contributed by atoms with van der Waals surface area (Å²) in [4.78, 5) is 48.8. The van der Waals surface area contributed by atoms with Crippen molar-refractivity contribution in [3.8, 4) is 28.6 Å². The van der Waals surface area contributed by atoms with Crippen LogP contribution in [-0.2, 0) is 22.4 Å². The van der Waals surface area contributed by atoms with Gasteiger partial charge in [-0.2, -0.15) is 5.26 Å². The lowest BCUT2D eigenvalue weighted by atomic mass is 9.95. The first-order valence-corrected chi connectivity index (χ1v) is 17.2. The second-order valence-electron chi connectivity index (χ2n) is 11.0. The fourth-order valence-electron chi connectivity index (χ4n) is 5.49. The molecule has 0 spiro atoms. The van der Waals surface area contributed by atoms with E-state index in [0.29, 0.717) is 38.4 Å². The SMILES string of the molecule is CCOC(=O)c1c(NC(=O)/C(C#N)=C\c2cc([N+](=O)[O-])ccc2Sc2nc(-c3ccccc3)cc(-c3ccccc3)n2)sc2c1CCCC2. The van der Waals surface area contributed by atoms with Crippen LogP contribution >= 0.6 is 23.1 Å². The van der Waals surface area contributed by atoms with E-state index in [1.165, 1.54) is 29.5 Å². The normalized spacial score (nSPS) is 12.4. The van der Waals surface area contributed by atoms with Crippen molar-refractivity contribution in [3.63, 3.8) is 0 Å². The molecule has 5 aromatic rings. The van der Waals surface area contributed by atoms with E-state index in [1.54, 1.807) is 13.0 Å². The first-order valence-electron chi connectivity index (χ1n) is 15.6. The zero-order chi connectivity index (χ0) is 34.3. The number of thiophene rings is 1. The van der Waals surface area contributed by atoms with Gasteiger partial charge in [-0.25, -0.2) is 14.8 Å². The van der Waals surface area contributed by atoms with Gasteiger partial charge in [0.25, 0.3) is 11.6 Å². The van der Waals surface area contributed by atoms with Gasteiger partial charge >= 0.3 is 5.97 Å². The molecule has 1 aliphatic carbocycles. The van der Waals surface area contributed by atoms with Crippen molar-refractivity contribution in [2.45, 2.75) is 42.7 Å². The van der Waals surface area contributed by atoms with E-state index in [-0.39, 0.29) is 23.4 Å². The van der Waals surface area contributed by atoms with E-state index in [9.17, 15) is 25.0 Å². The van der Waals surface area contributed by atoms with Gasteiger partial charge in [0.2, 0.25) is 0 Å². The first-order chi connectivity index (χ1) is 23.8. The Bertz CT molecular complexity index is 2070. The highest BCUT2D eigenvalue weighted by Gasteiger charge is 2.28. The minimum absolute atomic E-state index is 0.179. The van der Waals surface area contributed by atoms with Crippen LogP contribution in [0.4, 0.5) is 10.7 Å². The second-order valence-corrected chi connectivity index (χ2v) is 13.1. The van der Waals surface area contributed by atoms with Crippen molar-refractivity contribution in [1.82, 2.24) is 9.97 Å². The van der Waals surface area contributed by atoms with Crippen molar-refractivity contribution >= 4 is 51.7 Å². The Kier molecular flexibility index (Phi) is 10.2. The molecule has 1 N–H and O–H groups in total. The fourth-order valence-corrected chi connectivity index (χ4v) is 7.61. The number of hydrogen-bond acceptors (Lipinski definition) is 10. The van der Waals surface area contributed by atoms with Crippen LogP contribution in [0.25, 0.3) is 28.6 Å². The summed E-state index contributed by atoms with van der Waals surface area (Å²) in [6.45, 7) is 1.89. The van der Waals surface area contributed by atoms with Gasteiger partial charge in [0.15, 0.2) is 5.16 Å². The van der Waals surface area contributed by atoms with Crippen LogP contribution in [0.2, 0.25) is 0 Å². The number of nitro groups is 1. The molecule has 3 aromatic carbocycles. The molecule has 2 heterocycles. The van der Waals surface area contributed by atoms with Gasteiger partial charge < -0.3 is 10.1 Å². The van der Waals surface area contributed by atoms with Crippen LogP contribution in [0.5, 0.6) is 0 Å². The largest absolute Gasteiger partial charge is 0.462 e. The van der Waals surface area contributed by atoms with Crippen LogP contribution in [-0.4, -0.2) is 33.4 Å². The smallest absolute Gasteiger partial charge is 0.341 e. The second kappa shape index (κ2) is 15.1. The molecule has 1 aliphatic rings. The van der Waals surface area contributed by atoms with Gasteiger partial charge in [0.05, 0.1) is 28.5 Å². The van der Waals surface area contributed by atoms with Gasteiger partial charge in [-0.1, -0.05) is 60.7 Å². The Balaban J connectivity index is 1.38. The molecule has 0 saturated carbocycles. The number of ether oxygens (including phenoxy) is 1. The number of hydrogen-bond donors (Lipinski definition) is 1. The Morgan fingerprint density at radius 3 is 2.27 bits per heavy atom. The minimum Gasteiger partial charge on any atom is -0.462 e. The summed E-state index contributed by atoms with van der Waals surface area (Å²) in [6.07, 6.45) is 4.69. The quantitative estimate of drug-likeness (QED) is 0.0381. The Morgan fingerprint density at radius 2 is 1.65 bits per heavy atom. The number of fused-ring (bicyclic) bond motifs is 1. The summed E-state index contributed by atoms with van der Waals surface area (Å²) < 4.78 is 5.30. The minimum atomic E-state index is -0.747. The Labute approximate surface area is 290 Å². The summed E-state index contributed by atoms with van der Waals surface area (Å²) in [7, 11) is 0. The molecule has 0 aliphatic heterocycles. The topological polar surface area (TPSA) is 148 Å². The monoisotopic (exact) mass is 687 g/mol. The summed E-state index contributed by atoms with van der Waals surface area (Å²) in [6, 6.07) is 27.3. The molecule has 2 aromatic heterocycles. The standard InChI is InChI=1S/C37H29N5O5S2/c1-2-47-36(44)33-28-15-9-10-16-32(28)48-35(33)41-34(43)26(22-38)19-25-20-27(42(45)46)17-18-31(25)49-37-39-29(23-11-5-3-6-12-23)21-30(40-37)24-13-7-4-8-14-24/h3-8,11-14,17-21H,2,9-10,15-16H2,1H3,(H,41,43)/b26-19-. The first kappa shape index (κ1) is 33.3. The number of benzene rings is 3. The molecule has 6 rings (SSSR count). The lowest BCUT2D eigenvalue weighted by molar-refractivity contribution is -0.384. The molecule has 0 fully saturated rings. The van der Waals surface area contributed by atoms with Crippen LogP contribution < -0.4 is 5.32 Å². The van der Waals surface area contributed by atoms with Crippen molar-refractivity contribution in [2.24, 2.45) is 0 Å². The van der Waals surface area contributed by atoms with Crippen LogP contribution in [0.15, 0.2) is 101 Å². The zero-order valence-corrected chi connectivity index (χ0v) is 28.0. The number of esters is 1. The average Bonchev–Trinajstić information content (AvgIpc) is 3.49. The maximum atomic E-state index is 13.6. The van der Waals surface area contributed by atoms with E-state index < -0.39 is 16.8 Å². The number of nitrogens with zero attached hydrogens (tertiary/aromatic N) is 4. The highest BCUT2D eigenvalue weighted by molar-refractivity contribution is 7.99. The lowest BCUT2D eigenvalue weighted by Crippen LogP contribution is -2.16. The highest BCUT2D eigenvalue weighted by Crippen LogP contribution is 2.39. The number of anilines is 1. The summed E-state index contributed by atoms with van der Waals surface area (Å²) >= 11 is 2.47. The van der Waals surface area contributed by atoms with E-state index in [2.05, 4.69) is 5.32 Å². The predicted octanol–water partition coefficient (Wildman–Crippen LogP) is 8.53.